The van der Waals surface area contributed by atoms with Crippen LogP contribution in [-0.2, 0) is 0 Å². The van der Waals surface area contributed by atoms with Crippen LogP contribution in [0.3, 0.4) is 0 Å². The molecule has 0 aliphatic carbocycles. The third-order valence-electron chi connectivity index (χ3n) is 4.53. The lowest BCUT2D eigenvalue weighted by molar-refractivity contribution is 0.102. The first-order valence-electron chi connectivity index (χ1n) is 9.39. The summed E-state index contributed by atoms with van der Waals surface area (Å²) in [7, 11) is 0. The van der Waals surface area contributed by atoms with Crippen molar-refractivity contribution in [3.05, 3.63) is 101 Å². The summed E-state index contributed by atoms with van der Waals surface area (Å²) in [6, 6.07) is 24.0. The molecule has 4 rings (SSSR count). The number of nitrogens with one attached hydrogen (secondary N) is 2. The van der Waals surface area contributed by atoms with Crippen LogP contribution in [0.2, 0.25) is 0 Å². The Balaban J connectivity index is 1.50. The molecule has 3 aromatic carbocycles. The standard InChI is InChI=1S/C24H19N3O2S/c1-16-11-13-18(14-12-16)22(28)25-20-10-6-5-9-19(20)23(29)27-24-26-21(15-30-24)17-7-3-2-4-8-17/h2-15H,1H3,(H,25,28)(H,26,27,29). The second kappa shape index (κ2) is 8.71. The van der Waals surface area contributed by atoms with E-state index in [-0.39, 0.29) is 11.8 Å². The van der Waals surface area contributed by atoms with Crippen molar-refractivity contribution in [2.24, 2.45) is 0 Å². The molecule has 0 aliphatic rings. The highest BCUT2D eigenvalue weighted by Gasteiger charge is 2.16. The fourth-order valence-corrected chi connectivity index (χ4v) is 3.64. The number of carbonyl (C=O) groups excluding carboxylic acids is 2. The molecule has 1 heterocycles. The molecule has 0 radical (unpaired) electrons. The van der Waals surface area contributed by atoms with Gasteiger partial charge in [0.15, 0.2) is 5.13 Å². The molecular weight excluding hydrogens is 394 g/mol. The summed E-state index contributed by atoms with van der Waals surface area (Å²) in [5, 5.41) is 8.05. The van der Waals surface area contributed by atoms with Crippen LogP contribution in [0.15, 0.2) is 84.2 Å². The van der Waals surface area contributed by atoms with Crippen LogP contribution >= 0.6 is 11.3 Å². The van der Waals surface area contributed by atoms with Crippen molar-refractivity contribution in [2.45, 2.75) is 6.92 Å². The lowest BCUT2D eigenvalue weighted by atomic mass is 10.1. The number of aryl methyl sites for hydroxylation is 1. The molecule has 5 nitrogen and oxygen atoms in total. The van der Waals surface area contributed by atoms with Crippen molar-refractivity contribution in [1.29, 1.82) is 0 Å². The number of rotatable bonds is 5. The third-order valence-corrected chi connectivity index (χ3v) is 5.29. The highest BCUT2D eigenvalue weighted by Crippen LogP contribution is 2.26. The van der Waals surface area contributed by atoms with Gasteiger partial charge >= 0.3 is 0 Å². The lowest BCUT2D eigenvalue weighted by Crippen LogP contribution is -2.18. The van der Waals surface area contributed by atoms with E-state index in [0.29, 0.717) is 21.9 Å². The van der Waals surface area contributed by atoms with Gasteiger partial charge in [-0.3, -0.25) is 14.9 Å². The number of para-hydroxylation sites is 1. The van der Waals surface area contributed by atoms with Gasteiger partial charge in [-0.15, -0.1) is 11.3 Å². The van der Waals surface area contributed by atoms with E-state index in [9.17, 15) is 9.59 Å². The summed E-state index contributed by atoms with van der Waals surface area (Å²) >= 11 is 1.35. The van der Waals surface area contributed by atoms with Crippen LogP contribution < -0.4 is 10.6 Å². The minimum Gasteiger partial charge on any atom is -0.321 e. The average Bonchev–Trinajstić information content (AvgIpc) is 3.23. The van der Waals surface area contributed by atoms with E-state index in [0.717, 1.165) is 16.8 Å². The molecule has 0 fully saturated rings. The van der Waals surface area contributed by atoms with E-state index in [1.54, 1.807) is 36.4 Å². The first kappa shape index (κ1) is 19.5. The molecule has 1 aromatic heterocycles. The number of thiazole rings is 1. The fraction of sp³-hybridized carbons (Fsp3) is 0.0417. The Hall–Kier alpha value is -3.77. The van der Waals surface area contributed by atoms with Gasteiger partial charge in [0.05, 0.1) is 16.9 Å². The molecular formula is C24H19N3O2S. The van der Waals surface area contributed by atoms with Gasteiger partial charge in [-0.1, -0.05) is 60.2 Å². The van der Waals surface area contributed by atoms with Crippen LogP contribution in [0.25, 0.3) is 11.3 Å². The van der Waals surface area contributed by atoms with Crippen LogP contribution in [-0.4, -0.2) is 16.8 Å². The summed E-state index contributed by atoms with van der Waals surface area (Å²) in [5.74, 6) is -0.598. The maximum absolute atomic E-state index is 12.8. The van der Waals surface area contributed by atoms with Gasteiger partial charge in [0.25, 0.3) is 11.8 Å². The second-order valence-corrected chi connectivity index (χ2v) is 7.58. The molecule has 0 saturated carbocycles. The van der Waals surface area contributed by atoms with Crippen molar-refractivity contribution in [2.75, 3.05) is 10.6 Å². The maximum Gasteiger partial charge on any atom is 0.259 e. The quantitative estimate of drug-likeness (QED) is 0.446. The van der Waals surface area contributed by atoms with Gasteiger partial charge in [-0.25, -0.2) is 4.98 Å². The number of amides is 2. The van der Waals surface area contributed by atoms with E-state index in [1.165, 1.54) is 11.3 Å². The lowest BCUT2D eigenvalue weighted by Gasteiger charge is -2.10. The monoisotopic (exact) mass is 413 g/mol. The SMILES string of the molecule is Cc1ccc(C(=O)Nc2ccccc2C(=O)Nc2nc(-c3ccccc3)cs2)cc1. The number of hydrogen-bond donors (Lipinski definition) is 2. The minimum atomic E-state index is -0.330. The molecule has 6 heteroatoms. The predicted molar refractivity (Wildman–Crippen MR) is 121 cm³/mol. The van der Waals surface area contributed by atoms with Crippen LogP contribution in [0.1, 0.15) is 26.3 Å². The zero-order valence-corrected chi connectivity index (χ0v) is 17.1. The Bertz CT molecular complexity index is 1180. The Morgan fingerprint density at radius 2 is 1.50 bits per heavy atom. The highest BCUT2D eigenvalue weighted by molar-refractivity contribution is 7.14. The molecule has 30 heavy (non-hydrogen) atoms. The zero-order chi connectivity index (χ0) is 20.9. The molecule has 0 saturated heterocycles. The number of hydrogen-bond acceptors (Lipinski definition) is 4. The Labute approximate surface area is 178 Å². The van der Waals surface area contributed by atoms with Crippen molar-refractivity contribution in [1.82, 2.24) is 4.98 Å². The van der Waals surface area contributed by atoms with E-state index >= 15 is 0 Å². The van der Waals surface area contributed by atoms with E-state index in [1.807, 2.05) is 54.8 Å². The Kier molecular flexibility index (Phi) is 5.68. The van der Waals surface area contributed by atoms with Gasteiger partial charge in [0, 0.05) is 16.5 Å². The number of anilines is 2. The largest absolute Gasteiger partial charge is 0.321 e. The normalized spacial score (nSPS) is 10.4. The zero-order valence-electron chi connectivity index (χ0n) is 16.3. The number of aromatic nitrogens is 1. The number of nitrogens with zero attached hydrogens (tertiary/aromatic N) is 1. The smallest absolute Gasteiger partial charge is 0.259 e. The molecule has 0 atom stereocenters. The topological polar surface area (TPSA) is 71.1 Å². The molecule has 0 aliphatic heterocycles. The van der Waals surface area contributed by atoms with Crippen molar-refractivity contribution >= 4 is 34.0 Å². The van der Waals surface area contributed by atoms with Crippen molar-refractivity contribution in [3.63, 3.8) is 0 Å². The van der Waals surface area contributed by atoms with Gasteiger partial charge in [-0.05, 0) is 31.2 Å². The molecule has 0 unspecified atom stereocenters. The maximum atomic E-state index is 12.8. The average molecular weight is 414 g/mol. The Morgan fingerprint density at radius 3 is 2.27 bits per heavy atom. The van der Waals surface area contributed by atoms with E-state index < -0.39 is 0 Å². The summed E-state index contributed by atoms with van der Waals surface area (Å²) in [4.78, 5) is 29.9. The highest BCUT2D eigenvalue weighted by atomic mass is 32.1. The molecule has 0 bridgehead atoms. The van der Waals surface area contributed by atoms with Gasteiger partial charge in [0.1, 0.15) is 0 Å². The van der Waals surface area contributed by atoms with Crippen LogP contribution in [0.4, 0.5) is 10.8 Å². The van der Waals surface area contributed by atoms with Crippen LogP contribution in [0.5, 0.6) is 0 Å². The van der Waals surface area contributed by atoms with E-state index in [2.05, 4.69) is 15.6 Å². The van der Waals surface area contributed by atoms with E-state index in [4.69, 9.17) is 0 Å². The summed E-state index contributed by atoms with van der Waals surface area (Å²) in [6.07, 6.45) is 0. The molecule has 2 amide bonds. The first-order chi connectivity index (χ1) is 14.6. The first-order valence-corrected chi connectivity index (χ1v) is 10.3. The second-order valence-electron chi connectivity index (χ2n) is 6.72. The third kappa shape index (κ3) is 4.45. The van der Waals surface area contributed by atoms with Crippen LogP contribution in [0, 0.1) is 6.92 Å². The molecule has 0 spiro atoms. The number of benzene rings is 3. The summed E-state index contributed by atoms with van der Waals surface area (Å²) in [6.45, 7) is 1.96. The predicted octanol–water partition coefficient (Wildman–Crippen LogP) is 5.62. The molecule has 4 aromatic rings. The minimum absolute atomic E-state index is 0.268. The summed E-state index contributed by atoms with van der Waals surface area (Å²) < 4.78 is 0. The van der Waals surface area contributed by atoms with Crippen molar-refractivity contribution in [3.8, 4) is 11.3 Å². The fourth-order valence-electron chi connectivity index (χ4n) is 2.93. The Morgan fingerprint density at radius 1 is 0.800 bits per heavy atom. The molecule has 148 valence electrons. The molecule has 2 N–H and O–H groups in total. The van der Waals surface area contributed by atoms with Gasteiger partial charge < -0.3 is 5.32 Å². The van der Waals surface area contributed by atoms with Gasteiger partial charge in [-0.2, -0.15) is 0 Å². The summed E-state index contributed by atoms with van der Waals surface area (Å²) in [5.41, 5.74) is 4.21. The van der Waals surface area contributed by atoms with Crippen molar-refractivity contribution < 1.29 is 9.59 Å². The number of carbonyl (C=O) groups is 2. The van der Waals surface area contributed by atoms with Gasteiger partial charge in [0.2, 0.25) is 0 Å².